The summed E-state index contributed by atoms with van der Waals surface area (Å²) in [6, 6.07) is 0. The summed E-state index contributed by atoms with van der Waals surface area (Å²) in [5.41, 5.74) is 0. The van der Waals surface area contributed by atoms with Gasteiger partial charge in [0.05, 0.1) is 33.0 Å². The number of carbonyl (C=O) groups is 2. The molecule has 0 fully saturated rings. The molecule has 0 atom stereocenters. The zero-order valence-corrected chi connectivity index (χ0v) is 11.3. The fraction of sp³-hybridized carbons (Fsp3) is 0.667. The van der Waals surface area contributed by atoms with Crippen LogP contribution in [0, 0.1) is 0 Å². The van der Waals surface area contributed by atoms with Crippen molar-refractivity contribution in [2.45, 2.75) is 13.8 Å². The van der Waals surface area contributed by atoms with Gasteiger partial charge in [-0.05, 0) is 13.8 Å². The monoisotopic (exact) mass is 278 g/mol. The lowest BCUT2D eigenvalue weighted by molar-refractivity contribution is -0.138. The molecule has 0 saturated heterocycles. The Balaban J connectivity index is 0. The molecule has 7 heteroatoms. The van der Waals surface area contributed by atoms with Crippen LogP contribution in [0.25, 0.3) is 0 Å². The summed E-state index contributed by atoms with van der Waals surface area (Å²) >= 11 is 0. The third kappa shape index (κ3) is 22.3. The number of aliphatic hydroxyl groups excluding tert-OH is 1. The first-order chi connectivity index (χ1) is 9.08. The van der Waals surface area contributed by atoms with Crippen LogP contribution >= 0.6 is 0 Å². The number of ether oxygens (including phenoxy) is 3. The van der Waals surface area contributed by atoms with Gasteiger partial charge in [-0.3, -0.25) is 0 Å². The quantitative estimate of drug-likeness (QED) is 0.353. The normalized spacial score (nSPS) is 9.84. The second kappa shape index (κ2) is 16.6. The van der Waals surface area contributed by atoms with Crippen LogP contribution in [0.4, 0.5) is 0 Å². The Morgan fingerprint density at radius 1 is 1.00 bits per heavy atom. The molecule has 0 aliphatic rings. The third-order valence-corrected chi connectivity index (χ3v) is 1.46. The fourth-order valence-corrected chi connectivity index (χ4v) is 0.759. The van der Waals surface area contributed by atoms with E-state index < -0.39 is 11.9 Å². The lowest BCUT2D eigenvalue weighted by Crippen LogP contribution is -2.06. The first kappa shape index (κ1) is 19.9. The Morgan fingerprint density at radius 3 is 2.11 bits per heavy atom. The van der Waals surface area contributed by atoms with Gasteiger partial charge in [0.2, 0.25) is 0 Å². The van der Waals surface area contributed by atoms with E-state index >= 15 is 0 Å². The van der Waals surface area contributed by atoms with E-state index in [0.29, 0.717) is 19.8 Å². The van der Waals surface area contributed by atoms with Gasteiger partial charge >= 0.3 is 11.9 Å². The highest BCUT2D eigenvalue weighted by atomic mass is 16.5. The van der Waals surface area contributed by atoms with Gasteiger partial charge in [0, 0.05) is 18.8 Å². The van der Waals surface area contributed by atoms with Gasteiger partial charge in [-0.25, -0.2) is 9.59 Å². The largest absolute Gasteiger partial charge is 0.478 e. The fourth-order valence-electron chi connectivity index (χ4n) is 0.759. The maximum Gasteiger partial charge on any atom is 0.330 e. The second-order valence-corrected chi connectivity index (χ2v) is 2.96. The van der Waals surface area contributed by atoms with Gasteiger partial charge in [0.25, 0.3) is 0 Å². The van der Waals surface area contributed by atoms with Crippen LogP contribution in [0.3, 0.4) is 0 Å². The molecule has 19 heavy (non-hydrogen) atoms. The molecule has 0 amide bonds. The van der Waals surface area contributed by atoms with Crippen molar-refractivity contribution >= 4 is 11.9 Å². The van der Waals surface area contributed by atoms with E-state index in [0.717, 1.165) is 18.8 Å². The smallest absolute Gasteiger partial charge is 0.330 e. The Bertz CT molecular complexity index is 244. The van der Waals surface area contributed by atoms with Crippen molar-refractivity contribution in [2.75, 3.05) is 39.6 Å². The Kier molecular flexibility index (Phi) is 17.3. The van der Waals surface area contributed by atoms with Crippen molar-refractivity contribution in [2.24, 2.45) is 0 Å². The third-order valence-electron chi connectivity index (χ3n) is 1.46. The van der Waals surface area contributed by atoms with Crippen molar-refractivity contribution in [3.63, 3.8) is 0 Å². The first-order valence-electron chi connectivity index (χ1n) is 5.92. The number of rotatable bonds is 9. The zero-order chi connectivity index (χ0) is 14.9. The summed E-state index contributed by atoms with van der Waals surface area (Å²) < 4.78 is 14.3. The lowest BCUT2D eigenvalue weighted by Gasteiger charge is -2.00. The van der Waals surface area contributed by atoms with Crippen molar-refractivity contribution in [1.29, 1.82) is 0 Å². The molecule has 0 saturated carbocycles. The zero-order valence-electron chi connectivity index (χ0n) is 11.3. The van der Waals surface area contributed by atoms with Crippen LogP contribution in [0.2, 0.25) is 0 Å². The molecule has 0 unspecified atom stereocenters. The van der Waals surface area contributed by atoms with E-state index in [1.54, 1.807) is 6.92 Å². The molecule has 0 aliphatic heterocycles. The summed E-state index contributed by atoms with van der Waals surface area (Å²) in [4.78, 5) is 20.2. The van der Waals surface area contributed by atoms with E-state index in [-0.39, 0.29) is 13.2 Å². The van der Waals surface area contributed by atoms with Gasteiger partial charge in [-0.15, -0.1) is 0 Å². The summed E-state index contributed by atoms with van der Waals surface area (Å²) in [5.74, 6) is -1.79. The molecule has 0 bridgehead atoms. The Morgan fingerprint density at radius 2 is 1.63 bits per heavy atom. The molecule has 2 N–H and O–H groups in total. The standard InChI is InChI=1S/C6H8O4.C6H14O3/c1-2-10-6(9)4-3-5(7)8;1-2-8-5-6-9-4-3-7/h3-4H,2H2,1H3,(H,7,8);7H,2-6H2,1H3/b4-3+;. The van der Waals surface area contributed by atoms with Crippen LogP contribution in [-0.2, 0) is 23.8 Å². The summed E-state index contributed by atoms with van der Waals surface area (Å²) in [6.07, 6.45) is 1.60. The highest BCUT2D eigenvalue weighted by Gasteiger charge is 1.94. The molecule has 0 radical (unpaired) electrons. The van der Waals surface area contributed by atoms with Crippen molar-refractivity contribution in [3.8, 4) is 0 Å². The molecular formula is C12H22O7. The van der Waals surface area contributed by atoms with Crippen LogP contribution in [0.1, 0.15) is 13.8 Å². The Hall–Kier alpha value is -1.44. The van der Waals surface area contributed by atoms with Gasteiger partial charge < -0.3 is 24.4 Å². The summed E-state index contributed by atoms with van der Waals surface area (Å²) in [5, 5.41) is 16.3. The minimum absolute atomic E-state index is 0.0894. The number of hydrogen-bond acceptors (Lipinski definition) is 6. The van der Waals surface area contributed by atoms with E-state index in [1.807, 2.05) is 6.92 Å². The average molecular weight is 278 g/mol. The van der Waals surface area contributed by atoms with Gasteiger partial charge in [-0.2, -0.15) is 0 Å². The predicted molar refractivity (Wildman–Crippen MR) is 67.8 cm³/mol. The highest BCUT2D eigenvalue weighted by molar-refractivity contribution is 5.90. The molecule has 0 aliphatic carbocycles. The molecular weight excluding hydrogens is 256 g/mol. The van der Waals surface area contributed by atoms with E-state index in [4.69, 9.17) is 19.7 Å². The van der Waals surface area contributed by atoms with E-state index in [1.165, 1.54) is 0 Å². The minimum atomic E-state index is -1.16. The van der Waals surface area contributed by atoms with Crippen molar-refractivity contribution in [3.05, 3.63) is 12.2 Å². The maximum absolute atomic E-state index is 10.4. The number of aliphatic carboxylic acids is 1. The first-order valence-corrected chi connectivity index (χ1v) is 5.92. The van der Waals surface area contributed by atoms with Crippen LogP contribution in [-0.4, -0.2) is 61.8 Å². The second-order valence-electron chi connectivity index (χ2n) is 2.96. The van der Waals surface area contributed by atoms with Crippen LogP contribution < -0.4 is 0 Å². The van der Waals surface area contributed by atoms with Crippen molar-refractivity contribution in [1.82, 2.24) is 0 Å². The topological polar surface area (TPSA) is 102 Å². The van der Waals surface area contributed by atoms with Crippen LogP contribution in [0.5, 0.6) is 0 Å². The highest BCUT2D eigenvalue weighted by Crippen LogP contribution is 1.80. The predicted octanol–water partition coefficient (Wildman–Crippen LogP) is 0.222. The van der Waals surface area contributed by atoms with Gasteiger partial charge in [0.1, 0.15) is 0 Å². The Labute approximate surface area is 112 Å². The molecule has 0 aromatic carbocycles. The van der Waals surface area contributed by atoms with E-state index in [9.17, 15) is 9.59 Å². The summed E-state index contributed by atoms with van der Waals surface area (Å²) in [7, 11) is 0. The van der Waals surface area contributed by atoms with Gasteiger partial charge in [-0.1, -0.05) is 0 Å². The molecule has 0 rings (SSSR count). The minimum Gasteiger partial charge on any atom is -0.478 e. The summed E-state index contributed by atoms with van der Waals surface area (Å²) in [6.45, 7) is 6.26. The number of carbonyl (C=O) groups excluding carboxylic acids is 1. The van der Waals surface area contributed by atoms with Crippen LogP contribution in [0.15, 0.2) is 12.2 Å². The van der Waals surface area contributed by atoms with Gasteiger partial charge in [0.15, 0.2) is 0 Å². The van der Waals surface area contributed by atoms with E-state index in [2.05, 4.69) is 4.74 Å². The number of carboxylic acids is 1. The number of aliphatic hydroxyl groups is 1. The lowest BCUT2D eigenvalue weighted by atomic mass is 10.5. The SMILES string of the molecule is CCOC(=O)/C=C/C(=O)O.CCOCCOCCO. The maximum atomic E-state index is 10.4. The molecule has 0 spiro atoms. The molecule has 0 aromatic heterocycles. The number of carboxylic acid groups (broad SMARTS) is 1. The average Bonchev–Trinajstić information content (AvgIpc) is 2.37. The van der Waals surface area contributed by atoms with Crippen molar-refractivity contribution < 1.29 is 34.0 Å². The number of hydrogen-bond donors (Lipinski definition) is 2. The molecule has 0 heterocycles. The number of esters is 1. The molecule has 112 valence electrons. The molecule has 7 nitrogen and oxygen atoms in total. The molecule has 0 aromatic rings.